The number of carboxylic acids is 1. The number of carbonyl (C=O) groups excluding carboxylic acids is 1. The molecule has 0 spiro atoms. The van der Waals surface area contributed by atoms with Crippen molar-refractivity contribution in [2.24, 2.45) is 11.3 Å². The lowest BCUT2D eigenvalue weighted by atomic mass is 9.81. The molecule has 1 N–H and O–H groups in total. The number of methoxy groups -OCH3 is 1. The van der Waals surface area contributed by atoms with Crippen LogP contribution in [0, 0.1) is 11.3 Å². The first-order valence-electron chi connectivity index (χ1n) is 7.03. The van der Waals surface area contributed by atoms with Gasteiger partial charge in [-0.1, -0.05) is 6.42 Å². The molecule has 2 atom stereocenters. The smallest absolute Gasteiger partial charge is 0.311 e. The van der Waals surface area contributed by atoms with Gasteiger partial charge in [-0.15, -0.1) is 11.3 Å². The SMILES string of the molecule is COCc1nc(C(=O)N2C[C@@H]3CCC[C@@]3(C(=O)O)C2)cs1. The first-order valence-corrected chi connectivity index (χ1v) is 7.91. The fourth-order valence-corrected chi connectivity index (χ4v) is 4.29. The van der Waals surface area contributed by atoms with Crippen molar-refractivity contribution in [2.75, 3.05) is 20.2 Å². The van der Waals surface area contributed by atoms with E-state index in [0.717, 1.165) is 17.8 Å². The first kappa shape index (κ1) is 14.5. The summed E-state index contributed by atoms with van der Waals surface area (Å²) in [5, 5.41) is 12.0. The number of amides is 1. The fourth-order valence-electron chi connectivity index (χ4n) is 3.55. The summed E-state index contributed by atoms with van der Waals surface area (Å²) in [6, 6.07) is 0. The molecule has 3 rings (SSSR count). The normalized spacial score (nSPS) is 27.9. The van der Waals surface area contributed by atoms with E-state index in [9.17, 15) is 14.7 Å². The molecule has 7 heteroatoms. The predicted molar refractivity (Wildman–Crippen MR) is 76.1 cm³/mol. The number of fused-ring (bicyclic) bond motifs is 1. The molecule has 1 aliphatic carbocycles. The third kappa shape index (κ3) is 2.34. The first-order chi connectivity index (χ1) is 10.1. The standard InChI is InChI=1S/C14H18N2O4S/c1-20-6-11-15-10(7-21-11)12(17)16-5-9-3-2-4-14(9,8-16)13(18)19/h7,9H,2-6,8H2,1H3,(H,18,19)/t9-,14+/m0/s1. The van der Waals surface area contributed by atoms with Gasteiger partial charge in [0.25, 0.3) is 5.91 Å². The Morgan fingerprint density at radius 2 is 2.43 bits per heavy atom. The molecule has 2 fully saturated rings. The number of carbonyl (C=O) groups is 2. The van der Waals surface area contributed by atoms with E-state index in [1.54, 1.807) is 17.4 Å². The number of ether oxygens (including phenoxy) is 1. The second-order valence-corrected chi connectivity index (χ2v) is 6.74. The van der Waals surface area contributed by atoms with Crippen molar-refractivity contribution in [3.63, 3.8) is 0 Å². The molecular weight excluding hydrogens is 292 g/mol. The lowest BCUT2D eigenvalue weighted by molar-refractivity contribution is -0.149. The largest absolute Gasteiger partial charge is 0.481 e. The van der Waals surface area contributed by atoms with Crippen molar-refractivity contribution in [3.05, 3.63) is 16.1 Å². The van der Waals surface area contributed by atoms with E-state index in [1.165, 1.54) is 11.3 Å². The summed E-state index contributed by atoms with van der Waals surface area (Å²) < 4.78 is 5.00. The van der Waals surface area contributed by atoms with E-state index < -0.39 is 11.4 Å². The average Bonchev–Trinajstić information content (AvgIpc) is 3.11. The zero-order valence-corrected chi connectivity index (χ0v) is 12.7. The van der Waals surface area contributed by atoms with Crippen LogP contribution in [0.25, 0.3) is 0 Å². The second-order valence-electron chi connectivity index (χ2n) is 5.80. The molecule has 1 aromatic heterocycles. The van der Waals surface area contributed by atoms with Crippen molar-refractivity contribution in [1.82, 2.24) is 9.88 Å². The summed E-state index contributed by atoms with van der Waals surface area (Å²) in [6.07, 6.45) is 2.50. The molecule has 6 nitrogen and oxygen atoms in total. The Labute approximate surface area is 126 Å². The van der Waals surface area contributed by atoms with E-state index in [0.29, 0.717) is 31.8 Å². The molecule has 1 aliphatic heterocycles. The minimum atomic E-state index is -0.765. The van der Waals surface area contributed by atoms with Crippen LogP contribution in [0.3, 0.4) is 0 Å². The van der Waals surface area contributed by atoms with Gasteiger partial charge in [0, 0.05) is 25.6 Å². The molecule has 1 aromatic rings. The number of hydrogen-bond donors (Lipinski definition) is 1. The van der Waals surface area contributed by atoms with Crippen LogP contribution < -0.4 is 0 Å². The zero-order chi connectivity index (χ0) is 15.0. The number of aliphatic carboxylic acids is 1. The van der Waals surface area contributed by atoms with E-state index in [-0.39, 0.29) is 11.8 Å². The highest BCUT2D eigenvalue weighted by Crippen LogP contribution is 2.49. The van der Waals surface area contributed by atoms with Crippen LogP contribution in [0.2, 0.25) is 0 Å². The van der Waals surface area contributed by atoms with Gasteiger partial charge in [0.1, 0.15) is 10.7 Å². The molecule has 2 aliphatic rings. The van der Waals surface area contributed by atoms with Gasteiger partial charge in [0.05, 0.1) is 12.0 Å². The molecular formula is C14H18N2O4S. The molecule has 1 saturated heterocycles. The van der Waals surface area contributed by atoms with Crippen LogP contribution in [-0.4, -0.2) is 47.1 Å². The molecule has 1 amide bonds. The van der Waals surface area contributed by atoms with Gasteiger partial charge in [0.2, 0.25) is 0 Å². The minimum absolute atomic E-state index is 0.0797. The summed E-state index contributed by atoms with van der Waals surface area (Å²) in [4.78, 5) is 30.0. The van der Waals surface area contributed by atoms with Crippen molar-refractivity contribution < 1.29 is 19.4 Å². The highest BCUT2D eigenvalue weighted by atomic mass is 32.1. The molecule has 2 heterocycles. The van der Waals surface area contributed by atoms with Crippen molar-refractivity contribution in [2.45, 2.75) is 25.9 Å². The molecule has 0 aromatic carbocycles. The summed E-state index contributed by atoms with van der Waals surface area (Å²) in [7, 11) is 1.58. The number of hydrogen-bond acceptors (Lipinski definition) is 5. The van der Waals surface area contributed by atoms with Gasteiger partial charge in [0.15, 0.2) is 0 Å². The van der Waals surface area contributed by atoms with Gasteiger partial charge in [-0.3, -0.25) is 9.59 Å². The number of carboxylic acid groups (broad SMARTS) is 1. The Hall–Kier alpha value is -1.47. The second kappa shape index (κ2) is 5.38. The predicted octanol–water partition coefficient (Wildman–Crippen LogP) is 1.62. The number of aromatic nitrogens is 1. The van der Waals surface area contributed by atoms with Crippen molar-refractivity contribution in [3.8, 4) is 0 Å². The van der Waals surface area contributed by atoms with Crippen molar-refractivity contribution >= 4 is 23.2 Å². The maximum absolute atomic E-state index is 12.5. The molecule has 0 bridgehead atoms. The summed E-state index contributed by atoms with van der Waals surface area (Å²) in [5.74, 6) is -0.849. The number of likely N-dealkylation sites (tertiary alicyclic amines) is 1. The number of thiazole rings is 1. The maximum atomic E-state index is 12.5. The fraction of sp³-hybridized carbons (Fsp3) is 0.643. The van der Waals surface area contributed by atoms with Gasteiger partial charge in [-0.05, 0) is 18.8 Å². The van der Waals surface area contributed by atoms with Crippen molar-refractivity contribution in [1.29, 1.82) is 0 Å². The molecule has 114 valence electrons. The van der Waals surface area contributed by atoms with Gasteiger partial charge < -0.3 is 14.7 Å². The Kier molecular flexibility index (Phi) is 3.71. The summed E-state index contributed by atoms with van der Waals surface area (Å²) in [6.45, 7) is 1.23. The molecule has 0 radical (unpaired) electrons. The van der Waals surface area contributed by atoms with E-state index in [1.807, 2.05) is 0 Å². The highest BCUT2D eigenvalue weighted by Gasteiger charge is 2.55. The van der Waals surface area contributed by atoms with Gasteiger partial charge in [-0.2, -0.15) is 0 Å². The maximum Gasteiger partial charge on any atom is 0.311 e. The van der Waals surface area contributed by atoms with Crippen LogP contribution >= 0.6 is 11.3 Å². The quantitative estimate of drug-likeness (QED) is 0.914. The van der Waals surface area contributed by atoms with E-state index in [4.69, 9.17) is 4.74 Å². The monoisotopic (exact) mass is 310 g/mol. The summed E-state index contributed by atoms with van der Waals surface area (Å²) in [5.41, 5.74) is -0.339. The van der Waals surface area contributed by atoms with Crippen LogP contribution in [-0.2, 0) is 16.1 Å². The van der Waals surface area contributed by atoms with Crippen LogP contribution in [0.15, 0.2) is 5.38 Å². The molecule has 21 heavy (non-hydrogen) atoms. The Morgan fingerprint density at radius 1 is 1.62 bits per heavy atom. The van der Waals surface area contributed by atoms with Crippen LogP contribution in [0.1, 0.15) is 34.8 Å². The minimum Gasteiger partial charge on any atom is -0.481 e. The third-order valence-electron chi connectivity index (χ3n) is 4.62. The number of nitrogens with zero attached hydrogens (tertiary/aromatic N) is 2. The van der Waals surface area contributed by atoms with Gasteiger partial charge in [-0.25, -0.2) is 4.98 Å². The van der Waals surface area contributed by atoms with E-state index in [2.05, 4.69) is 4.98 Å². The molecule has 0 unspecified atom stereocenters. The lowest BCUT2D eigenvalue weighted by Gasteiger charge is -2.23. The topological polar surface area (TPSA) is 79.7 Å². The van der Waals surface area contributed by atoms with Crippen LogP contribution in [0.4, 0.5) is 0 Å². The molecule has 1 saturated carbocycles. The third-order valence-corrected chi connectivity index (χ3v) is 5.44. The number of rotatable bonds is 4. The lowest BCUT2D eigenvalue weighted by Crippen LogP contribution is -2.37. The Morgan fingerprint density at radius 3 is 3.10 bits per heavy atom. The van der Waals surface area contributed by atoms with Crippen LogP contribution in [0.5, 0.6) is 0 Å². The average molecular weight is 310 g/mol. The Balaban J connectivity index is 1.76. The van der Waals surface area contributed by atoms with Gasteiger partial charge >= 0.3 is 5.97 Å². The highest BCUT2D eigenvalue weighted by molar-refractivity contribution is 7.09. The van der Waals surface area contributed by atoms with E-state index >= 15 is 0 Å². The summed E-state index contributed by atoms with van der Waals surface area (Å²) >= 11 is 1.39. The Bertz CT molecular complexity index is 573. The zero-order valence-electron chi connectivity index (χ0n) is 11.9.